The van der Waals surface area contributed by atoms with Crippen LogP contribution in [0.4, 0.5) is 11.4 Å². The monoisotopic (exact) mass is 290 g/mol. The Hall–Kier alpha value is -2.01. The first-order chi connectivity index (χ1) is 9.42. The second-order valence-electron chi connectivity index (χ2n) is 4.67. The summed E-state index contributed by atoms with van der Waals surface area (Å²) in [4.78, 5) is 0.254. The van der Waals surface area contributed by atoms with Crippen molar-refractivity contribution < 1.29 is 8.42 Å². The zero-order chi connectivity index (χ0) is 14.8. The van der Waals surface area contributed by atoms with Gasteiger partial charge in [-0.3, -0.25) is 4.72 Å². The topological polar surface area (TPSA) is 72.2 Å². The molecule has 20 heavy (non-hydrogen) atoms. The quantitative estimate of drug-likeness (QED) is 0.850. The van der Waals surface area contributed by atoms with Crippen molar-refractivity contribution in [1.29, 1.82) is 0 Å². The molecule has 0 fully saturated rings. The predicted octanol–water partition coefficient (Wildman–Crippen LogP) is 2.94. The summed E-state index contributed by atoms with van der Waals surface area (Å²) in [7, 11) is -3.56. The minimum Gasteiger partial charge on any atom is -0.399 e. The minimum atomic E-state index is -3.56. The highest BCUT2D eigenvalue weighted by Crippen LogP contribution is 2.20. The van der Waals surface area contributed by atoms with E-state index in [1.807, 2.05) is 26.0 Å². The molecule has 2 aromatic rings. The van der Waals surface area contributed by atoms with Crippen molar-refractivity contribution in [3.05, 3.63) is 53.6 Å². The normalized spacial score (nSPS) is 11.3. The summed E-state index contributed by atoms with van der Waals surface area (Å²) in [6.45, 7) is 3.86. The lowest BCUT2D eigenvalue weighted by Gasteiger charge is -2.10. The fourth-order valence-electron chi connectivity index (χ4n) is 1.86. The first-order valence-electron chi connectivity index (χ1n) is 6.40. The summed E-state index contributed by atoms with van der Waals surface area (Å²) in [6, 6.07) is 11.9. The number of rotatable bonds is 4. The van der Waals surface area contributed by atoms with Crippen LogP contribution in [-0.4, -0.2) is 8.42 Å². The van der Waals surface area contributed by atoms with Crippen LogP contribution in [-0.2, 0) is 16.4 Å². The average molecular weight is 290 g/mol. The average Bonchev–Trinajstić information content (AvgIpc) is 2.43. The lowest BCUT2D eigenvalue weighted by Crippen LogP contribution is -2.13. The van der Waals surface area contributed by atoms with Gasteiger partial charge in [-0.2, -0.15) is 0 Å². The van der Waals surface area contributed by atoms with Gasteiger partial charge in [-0.25, -0.2) is 8.42 Å². The molecular weight excluding hydrogens is 272 g/mol. The van der Waals surface area contributed by atoms with Crippen LogP contribution in [0.3, 0.4) is 0 Å². The molecule has 4 nitrogen and oxygen atoms in total. The van der Waals surface area contributed by atoms with Gasteiger partial charge in [0, 0.05) is 11.4 Å². The number of sulfonamides is 1. The molecule has 0 aliphatic carbocycles. The van der Waals surface area contributed by atoms with Crippen LogP contribution >= 0.6 is 0 Å². The molecule has 2 aromatic carbocycles. The maximum absolute atomic E-state index is 12.3. The molecule has 0 atom stereocenters. The molecule has 106 valence electrons. The predicted molar refractivity (Wildman–Crippen MR) is 82.2 cm³/mol. The molecule has 0 bridgehead atoms. The van der Waals surface area contributed by atoms with E-state index in [1.165, 1.54) is 0 Å². The zero-order valence-electron chi connectivity index (χ0n) is 11.6. The van der Waals surface area contributed by atoms with Gasteiger partial charge < -0.3 is 5.73 Å². The van der Waals surface area contributed by atoms with Crippen molar-refractivity contribution in [2.45, 2.75) is 25.2 Å². The summed E-state index contributed by atoms with van der Waals surface area (Å²) < 4.78 is 27.1. The summed E-state index contributed by atoms with van der Waals surface area (Å²) >= 11 is 0. The summed E-state index contributed by atoms with van der Waals surface area (Å²) in [5, 5.41) is 0. The molecule has 0 aliphatic heterocycles. The smallest absolute Gasteiger partial charge is 0.261 e. The molecular formula is C15H18N2O2S. The summed E-state index contributed by atoms with van der Waals surface area (Å²) in [5.41, 5.74) is 8.81. The van der Waals surface area contributed by atoms with E-state index in [1.54, 1.807) is 30.3 Å². The molecule has 0 saturated carbocycles. The van der Waals surface area contributed by atoms with E-state index in [9.17, 15) is 8.42 Å². The first kappa shape index (κ1) is 14.4. The van der Waals surface area contributed by atoms with E-state index >= 15 is 0 Å². The molecule has 0 aliphatic rings. The maximum atomic E-state index is 12.3. The highest BCUT2D eigenvalue weighted by atomic mass is 32.2. The maximum Gasteiger partial charge on any atom is 0.261 e. The molecule has 0 amide bonds. The molecule has 0 radical (unpaired) electrons. The first-order valence-corrected chi connectivity index (χ1v) is 7.88. The van der Waals surface area contributed by atoms with Crippen LogP contribution in [0.25, 0.3) is 0 Å². The van der Waals surface area contributed by atoms with E-state index in [0.29, 0.717) is 11.4 Å². The Morgan fingerprint density at radius 3 is 2.30 bits per heavy atom. The Bertz CT molecular complexity index is 707. The van der Waals surface area contributed by atoms with Gasteiger partial charge in [-0.15, -0.1) is 0 Å². The van der Waals surface area contributed by atoms with E-state index in [-0.39, 0.29) is 4.90 Å². The van der Waals surface area contributed by atoms with Crippen molar-refractivity contribution in [3.63, 3.8) is 0 Å². The lowest BCUT2D eigenvalue weighted by atomic mass is 10.2. The van der Waals surface area contributed by atoms with Crippen LogP contribution in [0.1, 0.15) is 18.1 Å². The number of aryl methyl sites for hydroxylation is 2. The van der Waals surface area contributed by atoms with Crippen molar-refractivity contribution in [2.75, 3.05) is 10.5 Å². The van der Waals surface area contributed by atoms with Crippen LogP contribution in [0.15, 0.2) is 47.4 Å². The Morgan fingerprint density at radius 1 is 1.10 bits per heavy atom. The summed E-state index contributed by atoms with van der Waals surface area (Å²) in [5.74, 6) is 0. The second-order valence-corrected chi connectivity index (χ2v) is 6.36. The molecule has 0 saturated heterocycles. The van der Waals surface area contributed by atoms with E-state index in [2.05, 4.69) is 4.72 Å². The van der Waals surface area contributed by atoms with Gasteiger partial charge in [0.25, 0.3) is 10.0 Å². The molecule has 0 aromatic heterocycles. The van der Waals surface area contributed by atoms with Gasteiger partial charge in [0.05, 0.1) is 4.90 Å². The highest BCUT2D eigenvalue weighted by Gasteiger charge is 2.14. The van der Waals surface area contributed by atoms with E-state index in [0.717, 1.165) is 17.5 Å². The number of nitrogens with one attached hydrogen (secondary N) is 1. The van der Waals surface area contributed by atoms with Crippen molar-refractivity contribution in [2.24, 2.45) is 0 Å². The minimum absolute atomic E-state index is 0.254. The van der Waals surface area contributed by atoms with Crippen molar-refractivity contribution >= 4 is 21.4 Å². The molecule has 0 heterocycles. The van der Waals surface area contributed by atoms with Crippen LogP contribution < -0.4 is 10.5 Å². The Kier molecular flexibility index (Phi) is 3.99. The lowest BCUT2D eigenvalue weighted by molar-refractivity contribution is 0.601. The Morgan fingerprint density at radius 2 is 1.75 bits per heavy atom. The van der Waals surface area contributed by atoms with Gasteiger partial charge in [-0.05, 0) is 54.8 Å². The standard InChI is InChI=1S/C15H18N2O2S/c1-3-12-4-7-14(8-5-12)20(18,19)17-13-6-9-15(16)11(2)10-13/h4-10,17H,3,16H2,1-2H3. The Balaban J connectivity index is 2.27. The third-order valence-electron chi connectivity index (χ3n) is 3.16. The van der Waals surface area contributed by atoms with E-state index in [4.69, 9.17) is 5.73 Å². The molecule has 2 rings (SSSR count). The number of hydrogen-bond donors (Lipinski definition) is 2. The summed E-state index contributed by atoms with van der Waals surface area (Å²) in [6.07, 6.45) is 0.880. The molecule has 5 heteroatoms. The van der Waals surface area contributed by atoms with Crippen molar-refractivity contribution in [3.8, 4) is 0 Å². The molecule has 0 spiro atoms. The fourth-order valence-corrected chi connectivity index (χ4v) is 2.91. The zero-order valence-corrected chi connectivity index (χ0v) is 12.4. The van der Waals surface area contributed by atoms with Gasteiger partial charge in [0.15, 0.2) is 0 Å². The van der Waals surface area contributed by atoms with Gasteiger partial charge in [-0.1, -0.05) is 19.1 Å². The third kappa shape index (κ3) is 3.11. The van der Waals surface area contributed by atoms with E-state index < -0.39 is 10.0 Å². The number of anilines is 2. The van der Waals surface area contributed by atoms with Crippen LogP contribution in [0.5, 0.6) is 0 Å². The second kappa shape index (κ2) is 5.54. The van der Waals surface area contributed by atoms with Gasteiger partial charge in [0.2, 0.25) is 0 Å². The van der Waals surface area contributed by atoms with Gasteiger partial charge >= 0.3 is 0 Å². The van der Waals surface area contributed by atoms with Crippen LogP contribution in [0, 0.1) is 6.92 Å². The van der Waals surface area contributed by atoms with Crippen LogP contribution in [0.2, 0.25) is 0 Å². The highest BCUT2D eigenvalue weighted by molar-refractivity contribution is 7.92. The fraction of sp³-hybridized carbons (Fsp3) is 0.200. The van der Waals surface area contributed by atoms with Gasteiger partial charge in [0.1, 0.15) is 0 Å². The number of nitrogens with two attached hydrogens (primary N) is 1. The number of benzene rings is 2. The molecule has 0 unspecified atom stereocenters. The number of nitrogen functional groups attached to an aromatic ring is 1. The number of hydrogen-bond acceptors (Lipinski definition) is 3. The third-order valence-corrected chi connectivity index (χ3v) is 4.56. The largest absolute Gasteiger partial charge is 0.399 e. The SMILES string of the molecule is CCc1ccc(S(=O)(=O)Nc2ccc(N)c(C)c2)cc1. The Labute approximate surface area is 119 Å². The van der Waals surface area contributed by atoms with Crippen molar-refractivity contribution in [1.82, 2.24) is 0 Å². The molecule has 3 N–H and O–H groups in total.